The number of aromatic nitrogens is 2. The highest BCUT2D eigenvalue weighted by Crippen LogP contribution is 2.40. The number of hydrogen-bond acceptors (Lipinski definition) is 1. The molecule has 0 bridgehead atoms. The first-order valence-corrected chi connectivity index (χ1v) is 16.5. The van der Waals surface area contributed by atoms with E-state index >= 15 is 0 Å². The van der Waals surface area contributed by atoms with Gasteiger partial charge >= 0.3 is 0 Å². The van der Waals surface area contributed by atoms with E-state index in [4.69, 9.17) is 0 Å². The predicted molar refractivity (Wildman–Crippen MR) is 200 cm³/mol. The average Bonchev–Trinajstić information content (AvgIpc) is 3.74. The maximum Gasteiger partial charge on any atom is 0.0541 e. The minimum Gasteiger partial charge on any atom is -0.310 e. The number of allylic oxidation sites excluding steroid dienone is 2. The molecule has 0 aliphatic heterocycles. The van der Waals surface area contributed by atoms with Crippen molar-refractivity contribution in [3.05, 3.63) is 163 Å². The summed E-state index contributed by atoms with van der Waals surface area (Å²) in [6.45, 7) is 6.13. The molecule has 0 N–H and O–H groups in total. The van der Waals surface area contributed by atoms with Crippen LogP contribution in [-0.2, 0) is 0 Å². The fraction of sp³-hybridized carbons (Fsp3) is 0.0233. The van der Waals surface area contributed by atoms with Gasteiger partial charge < -0.3 is 9.13 Å². The second kappa shape index (κ2) is 10.5. The molecule has 2 nitrogen and oxygen atoms in total. The van der Waals surface area contributed by atoms with Crippen molar-refractivity contribution < 1.29 is 0 Å². The Kier molecular flexibility index (Phi) is 6.09. The second-order valence-corrected chi connectivity index (χ2v) is 13.0. The van der Waals surface area contributed by atoms with E-state index in [-0.39, 0.29) is 0 Å². The van der Waals surface area contributed by atoms with Crippen LogP contribution in [0.4, 0.5) is 0 Å². The van der Waals surface area contributed by atoms with Crippen LogP contribution in [0.1, 0.15) is 11.3 Å². The molecule has 0 aliphatic rings. The minimum atomic E-state index is 1.15. The first-order chi connectivity index (χ1) is 22.7. The van der Waals surface area contributed by atoms with Gasteiger partial charge in [-0.15, -0.1) is 11.3 Å². The monoisotopic (exact) mass is 606 g/mol. The third-order valence-electron chi connectivity index (χ3n) is 9.30. The summed E-state index contributed by atoms with van der Waals surface area (Å²) in [5, 5.41) is 6.41. The summed E-state index contributed by atoms with van der Waals surface area (Å²) in [4.78, 5) is 0. The summed E-state index contributed by atoms with van der Waals surface area (Å²) >= 11 is 1.86. The lowest BCUT2D eigenvalue weighted by Gasteiger charge is -2.10. The van der Waals surface area contributed by atoms with Crippen molar-refractivity contribution in [2.24, 2.45) is 0 Å². The highest BCUT2D eigenvalue weighted by atomic mass is 32.1. The molecule has 3 aromatic heterocycles. The third kappa shape index (κ3) is 4.02. The lowest BCUT2D eigenvalue weighted by molar-refractivity contribution is 1.10. The fourth-order valence-electron chi connectivity index (χ4n) is 7.14. The van der Waals surface area contributed by atoms with Gasteiger partial charge in [0, 0.05) is 53.4 Å². The topological polar surface area (TPSA) is 9.86 Å². The summed E-state index contributed by atoms with van der Waals surface area (Å²) < 4.78 is 7.42. The van der Waals surface area contributed by atoms with Gasteiger partial charge in [0.25, 0.3) is 0 Å². The third-order valence-corrected chi connectivity index (χ3v) is 10.4. The van der Waals surface area contributed by atoms with Gasteiger partial charge in [0.1, 0.15) is 0 Å². The van der Waals surface area contributed by atoms with Crippen LogP contribution >= 0.6 is 11.3 Å². The van der Waals surface area contributed by atoms with Gasteiger partial charge in [-0.3, -0.25) is 0 Å². The number of hydrogen-bond donors (Lipinski definition) is 0. The van der Waals surface area contributed by atoms with E-state index in [2.05, 4.69) is 162 Å². The first-order valence-electron chi connectivity index (χ1n) is 15.6. The number of thiophene rings is 1. The smallest absolute Gasteiger partial charge is 0.0541 e. The Balaban J connectivity index is 1.23. The second-order valence-electron chi connectivity index (χ2n) is 11.9. The van der Waals surface area contributed by atoms with Crippen LogP contribution in [0.15, 0.2) is 152 Å². The van der Waals surface area contributed by atoms with E-state index in [1.165, 1.54) is 81.0 Å². The summed E-state index contributed by atoms with van der Waals surface area (Å²) in [7, 11) is 0. The quantitative estimate of drug-likeness (QED) is 0.173. The van der Waals surface area contributed by atoms with Crippen molar-refractivity contribution >= 4 is 70.3 Å². The zero-order valence-electron chi connectivity index (χ0n) is 25.4. The molecule has 0 aliphatic carbocycles. The van der Waals surface area contributed by atoms with Crippen molar-refractivity contribution in [3.8, 4) is 22.5 Å². The maximum atomic E-state index is 3.91. The molecule has 9 aromatic rings. The van der Waals surface area contributed by atoms with Crippen LogP contribution in [0.3, 0.4) is 0 Å². The highest BCUT2D eigenvalue weighted by Gasteiger charge is 2.17. The lowest BCUT2D eigenvalue weighted by Crippen LogP contribution is -1.96. The Hall–Kier alpha value is -5.64. The van der Waals surface area contributed by atoms with Gasteiger partial charge in [0.05, 0.1) is 16.6 Å². The van der Waals surface area contributed by atoms with E-state index in [0.29, 0.717) is 0 Å². The van der Waals surface area contributed by atoms with Crippen molar-refractivity contribution in [2.75, 3.05) is 0 Å². The molecule has 0 fully saturated rings. The molecule has 0 unspecified atom stereocenters. The maximum absolute atomic E-state index is 3.91. The molecule has 9 rings (SSSR count). The fourth-order valence-corrected chi connectivity index (χ4v) is 8.23. The molecule has 0 saturated heterocycles. The number of rotatable bonds is 5. The van der Waals surface area contributed by atoms with E-state index in [1.54, 1.807) is 0 Å². The summed E-state index contributed by atoms with van der Waals surface area (Å²) in [6.07, 6.45) is 6.01. The molecule has 46 heavy (non-hydrogen) atoms. The van der Waals surface area contributed by atoms with E-state index in [1.807, 2.05) is 23.5 Å². The van der Waals surface area contributed by atoms with Crippen molar-refractivity contribution in [1.29, 1.82) is 0 Å². The number of fused-ring (bicyclic) bond motifs is 7. The number of aryl methyl sites for hydroxylation is 1. The molecule has 0 atom stereocenters. The largest absolute Gasteiger partial charge is 0.310 e. The Morgan fingerprint density at radius 2 is 1.17 bits per heavy atom. The van der Waals surface area contributed by atoms with Crippen molar-refractivity contribution in [1.82, 2.24) is 9.13 Å². The van der Waals surface area contributed by atoms with Crippen molar-refractivity contribution in [3.63, 3.8) is 0 Å². The molecule has 218 valence electrons. The van der Waals surface area contributed by atoms with Gasteiger partial charge in [-0.2, -0.15) is 0 Å². The highest BCUT2D eigenvalue weighted by molar-refractivity contribution is 7.25. The molecule has 6 aromatic carbocycles. The zero-order chi connectivity index (χ0) is 30.8. The van der Waals surface area contributed by atoms with Crippen LogP contribution < -0.4 is 0 Å². The number of benzene rings is 6. The van der Waals surface area contributed by atoms with Crippen molar-refractivity contribution in [2.45, 2.75) is 6.92 Å². The van der Waals surface area contributed by atoms with Gasteiger partial charge in [-0.1, -0.05) is 85.5 Å². The van der Waals surface area contributed by atoms with Crippen LogP contribution in [0, 0.1) is 6.92 Å². The number of nitrogens with zero attached hydrogens (tertiary/aromatic N) is 2. The van der Waals surface area contributed by atoms with E-state index < -0.39 is 0 Å². The summed E-state index contributed by atoms with van der Waals surface area (Å²) in [5.74, 6) is 0. The molecule has 0 saturated carbocycles. The predicted octanol–water partition coefficient (Wildman–Crippen LogP) is 12.3. The molecule has 0 radical (unpaired) electrons. The Labute approximate surface area is 271 Å². The van der Waals surface area contributed by atoms with Crippen LogP contribution in [0.25, 0.3) is 81.5 Å². The standard InChI is InChI=1S/C43H30N2S/c1-3-4-16-38-28(2)35-25-29(19-22-40(35)44(38)31-12-6-5-7-13-31)30-20-23-41-36(26-30)33-14-8-10-17-39(33)45(41)32-21-24-43-37(27-32)34-15-9-11-18-42(34)46-43/h3-27H,1H2,2H3/b16-4-. The normalized spacial score (nSPS) is 12.0. The van der Waals surface area contributed by atoms with Gasteiger partial charge in [-0.25, -0.2) is 0 Å². The van der Waals surface area contributed by atoms with Gasteiger partial charge in [-0.05, 0) is 96.4 Å². The van der Waals surface area contributed by atoms with E-state index in [9.17, 15) is 0 Å². The molecule has 0 spiro atoms. The summed E-state index contributed by atoms with van der Waals surface area (Å²) in [6, 6.07) is 48.8. The summed E-state index contributed by atoms with van der Waals surface area (Å²) in [5.41, 5.74) is 10.8. The molecule has 3 heterocycles. The Morgan fingerprint density at radius 1 is 0.522 bits per heavy atom. The molecular weight excluding hydrogens is 577 g/mol. The average molecular weight is 607 g/mol. The Morgan fingerprint density at radius 3 is 1.98 bits per heavy atom. The Bertz CT molecular complexity index is 2660. The lowest BCUT2D eigenvalue weighted by atomic mass is 10.0. The minimum absolute atomic E-state index is 1.15. The molecular formula is C43H30N2S. The molecule has 3 heteroatoms. The number of para-hydroxylation sites is 2. The first kappa shape index (κ1) is 26.7. The van der Waals surface area contributed by atoms with E-state index in [0.717, 1.165) is 5.69 Å². The van der Waals surface area contributed by atoms with Crippen LogP contribution in [-0.4, -0.2) is 9.13 Å². The van der Waals surface area contributed by atoms with Gasteiger partial charge in [0.2, 0.25) is 0 Å². The SMILES string of the molecule is C=C/C=C\c1c(C)c2cc(-c3ccc4c(c3)c3ccccc3n4-c3ccc4sc5ccccc5c4c3)ccc2n1-c1ccccc1. The molecule has 0 amide bonds. The van der Waals surface area contributed by atoms with Crippen LogP contribution in [0.5, 0.6) is 0 Å². The van der Waals surface area contributed by atoms with Crippen LogP contribution in [0.2, 0.25) is 0 Å². The zero-order valence-corrected chi connectivity index (χ0v) is 26.3. The van der Waals surface area contributed by atoms with Gasteiger partial charge in [0.15, 0.2) is 0 Å².